The van der Waals surface area contributed by atoms with E-state index in [1.165, 1.54) is 27.2 Å². The lowest BCUT2D eigenvalue weighted by molar-refractivity contribution is -0.116. The first-order valence-electron chi connectivity index (χ1n) is 9.16. The maximum atomic E-state index is 12.9. The summed E-state index contributed by atoms with van der Waals surface area (Å²) in [6, 6.07) is 8.64. The minimum atomic E-state index is -3.83. The van der Waals surface area contributed by atoms with Gasteiger partial charge in [0.25, 0.3) is 0 Å². The molecule has 0 fully saturated rings. The highest BCUT2D eigenvalue weighted by molar-refractivity contribution is 7.92. The van der Waals surface area contributed by atoms with Gasteiger partial charge in [-0.2, -0.15) is 0 Å². The van der Waals surface area contributed by atoms with Gasteiger partial charge in [0.15, 0.2) is 11.5 Å². The topological polar surface area (TPSA) is 103 Å². The van der Waals surface area contributed by atoms with Crippen molar-refractivity contribution in [3.05, 3.63) is 36.4 Å². The lowest BCUT2D eigenvalue weighted by Gasteiger charge is -2.29. The molecule has 0 unspecified atom stereocenters. The molecule has 2 aromatic carbocycles. The smallest absolute Gasteiger partial charge is 0.247 e. The quantitative estimate of drug-likeness (QED) is 0.710. The van der Waals surface area contributed by atoms with Gasteiger partial charge in [0.2, 0.25) is 15.9 Å². The van der Waals surface area contributed by atoms with E-state index in [0.29, 0.717) is 41.9 Å². The highest BCUT2D eigenvalue weighted by Gasteiger charge is 2.32. The summed E-state index contributed by atoms with van der Waals surface area (Å²) in [4.78, 5) is 12.9. The standard InChI is InChI=1S/C20H24N2O7S/c1-13(20(23)21-14-5-7-18-19(11-14)29-10-9-28-18)22(30(4,24)25)16-12-15(26-2)6-8-17(16)27-3/h5-8,11-13H,9-10H2,1-4H3,(H,21,23)/t13-/m0/s1. The van der Waals surface area contributed by atoms with E-state index in [9.17, 15) is 13.2 Å². The van der Waals surface area contributed by atoms with Gasteiger partial charge >= 0.3 is 0 Å². The van der Waals surface area contributed by atoms with Crippen LogP contribution in [0.4, 0.5) is 11.4 Å². The third-order valence-electron chi connectivity index (χ3n) is 4.52. The number of sulfonamides is 1. The van der Waals surface area contributed by atoms with Crippen molar-refractivity contribution in [2.45, 2.75) is 13.0 Å². The van der Waals surface area contributed by atoms with Gasteiger partial charge in [-0.15, -0.1) is 0 Å². The Bertz CT molecular complexity index is 1040. The average Bonchev–Trinajstić information content (AvgIpc) is 2.72. The number of hydrogen-bond donors (Lipinski definition) is 1. The van der Waals surface area contributed by atoms with Crippen LogP contribution in [-0.2, 0) is 14.8 Å². The number of rotatable bonds is 7. The minimum absolute atomic E-state index is 0.198. The van der Waals surface area contributed by atoms with Crippen molar-refractivity contribution in [2.24, 2.45) is 0 Å². The predicted molar refractivity (Wildman–Crippen MR) is 112 cm³/mol. The number of nitrogens with zero attached hydrogens (tertiary/aromatic N) is 1. The number of hydrogen-bond acceptors (Lipinski definition) is 7. The summed E-state index contributed by atoms with van der Waals surface area (Å²) in [7, 11) is -0.945. The van der Waals surface area contributed by atoms with E-state index >= 15 is 0 Å². The van der Waals surface area contributed by atoms with Gasteiger partial charge in [-0.25, -0.2) is 8.42 Å². The number of carbonyl (C=O) groups excluding carboxylic acids is 1. The molecule has 0 saturated heterocycles. The fourth-order valence-corrected chi connectivity index (χ4v) is 4.29. The number of benzene rings is 2. The largest absolute Gasteiger partial charge is 0.497 e. The van der Waals surface area contributed by atoms with E-state index < -0.39 is 22.0 Å². The zero-order valence-corrected chi connectivity index (χ0v) is 18.0. The van der Waals surface area contributed by atoms with Gasteiger partial charge in [0.1, 0.15) is 30.8 Å². The van der Waals surface area contributed by atoms with E-state index in [2.05, 4.69) is 5.32 Å². The lowest BCUT2D eigenvalue weighted by Crippen LogP contribution is -2.45. The van der Waals surface area contributed by atoms with Gasteiger partial charge < -0.3 is 24.3 Å². The molecule has 0 radical (unpaired) electrons. The van der Waals surface area contributed by atoms with Crippen LogP contribution in [0.3, 0.4) is 0 Å². The second-order valence-electron chi connectivity index (χ2n) is 6.62. The fraction of sp³-hybridized carbons (Fsp3) is 0.350. The first-order valence-corrected chi connectivity index (χ1v) is 11.0. The van der Waals surface area contributed by atoms with Gasteiger partial charge in [0, 0.05) is 17.8 Å². The predicted octanol–water partition coefficient (Wildman–Crippen LogP) is 2.27. The molecule has 1 aliphatic heterocycles. The number of nitrogens with one attached hydrogen (secondary N) is 1. The molecule has 1 amide bonds. The third-order valence-corrected chi connectivity index (χ3v) is 5.75. The highest BCUT2D eigenvalue weighted by atomic mass is 32.2. The summed E-state index contributed by atoms with van der Waals surface area (Å²) >= 11 is 0. The second-order valence-corrected chi connectivity index (χ2v) is 8.48. The molecule has 30 heavy (non-hydrogen) atoms. The third kappa shape index (κ3) is 4.54. The van der Waals surface area contributed by atoms with Crippen LogP contribution >= 0.6 is 0 Å². The Labute approximate surface area is 175 Å². The van der Waals surface area contributed by atoms with Crippen LogP contribution in [0.25, 0.3) is 0 Å². The van der Waals surface area contributed by atoms with Crippen LogP contribution in [0.2, 0.25) is 0 Å². The Kier molecular flexibility index (Phi) is 6.25. The molecule has 3 rings (SSSR count). The summed E-state index contributed by atoms with van der Waals surface area (Å²) < 4.78 is 47.7. The Morgan fingerprint density at radius 2 is 1.77 bits per heavy atom. The first-order chi connectivity index (χ1) is 14.2. The molecule has 0 bridgehead atoms. The van der Waals surface area contributed by atoms with Crippen LogP contribution in [0, 0.1) is 0 Å². The summed E-state index contributed by atoms with van der Waals surface area (Å²) in [6.07, 6.45) is 1.03. The minimum Gasteiger partial charge on any atom is -0.497 e. The summed E-state index contributed by atoms with van der Waals surface area (Å²) in [6.45, 7) is 2.37. The Morgan fingerprint density at radius 1 is 1.07 bits per heavy atom. The molecule has 9 nitrogen and oxygen atoms in total. The number of carbonyl (C=O) groups is 1. The number of amides is 1. The normalized spacial score (nSPS) is 13.9. The maximum absolute atomic E-state index is 12.9. The van der Waals surface area contributed by atoms with Crippen molar-refractivity contribution in [3.63, 3.8) is 0 Å². The van der Waals surface area contributed by atoms with Crippen LogP contribution in [0.1, 0.15) is 6.92 Å². The SMILES string of the molecule is COc1ccc(OC)c(N([C@@H](C)C(=O)Nc2ccc3c(c2)OCCO3)S(C)(=O)=O)c1. The van der Waals surface area contributed by atoms with Crippen molar-refractivity contribution in [1.82, 2.24) is 0 Å². The summed E-state index contributed by atoms with van der Waals surface area (Å²) in [5, 5.41) is 2.73. The summed E-state index contributed by atoms with van der Waals surface area (Å²) in [5.41, 5.74) is 0.659. The average molecular weight is 436 g/mol. The maximum Gasteiger partial charge on any atom is 0.247 e. The van der Waals surface area contributed by atoms with Gasteiger partial charge in [-0.05, 0) is 31.2 Å². The van der Waals surface area contributed by atoms with Crippen LogP contribution in [0.15, 0.2) is 36.4 Å². The van der Waals surface area contributed by atoms with E-state index in [1.54, 1.807) is 30.3 Å². The Balaban J connectivity index is 1.91. The first kappa shape index (κ1) is 21.6. The monoisotopic (exact) mass is 436 g/mol. The molecule has 0 aromatic heterocycles. The molecule has 1 N–H and O–H groups in total. The molecule has 162 valence electrons. The molecule has 10 heteroatoms. The van der Waals surface area contributed by atoms with Crippen LogP contribution in [-0.4, -0.2) is 54.1 Å². The molecule has 0 spiro atoms. The van der Waals surface area contributed by atoms with Gasteiger partial charge in [0.05, 0.1) is 26.2 Å². The number of methoxy groups -OCH3 is 2. The summed E-state index contributed by atoms with van der Waals surface area (Å²) in [5.74, 6) is 1.30. The number of fused-ring (bicyclic) bond motifs is 1. The highest BCUT2D eigenvalue weighted by Crippen LogP contribution is 2.36. The number of anilines is 2. The van der Waals surface area contributed by atoms with E-state index in [0.717, 1.165) is 10.6 Å². The molecule has 1 heterocycles. The fourth-order valence-electron chi connectivity index (χ4n) is 3.12. The van der Waals surface area contributed by atoms with Gasteiger partial charge in [-0.3, -0.25) is 9.10 Å². The van der Waals surface area contributed by atoms with E-state index in [1.807, 2.05) is 0 Å². The lowest BCUT2D eigenvalue weighted by atomic mass is 10.2. The zero-order chi connectivity index (χ0) is 21.9. The zero-order valence-electron chi connectivity index (χ0n) is 17.2. The van der Waals surface area contributed by atoms with Crippen LogP contribution < -0.4 is 28.6 Å². The number of ether oxygens (including phenoxy) is 4. The Hall–Kier alpha value is -3.14. The van der Waals surface area contributed by atoms with Crippen LogP contribution in [0.5, 0.6) is 23.0 Å². The van der Waals surface area contributed by atoms with Crippen molar-refractivity contribution in [2.75, 3.05) is 43.3 Å². The van der Waals surface area contributed by atoms with Crippen molar-refractivity contribution < 1.29 is 32.2 Å². The molecule has 1 aliphatic rings. The molecule has 0 saturated carbocycles. The van der Waals surface area contributed by atoms with Crippen molar-refractivity contribution in [3.8, 4) is 23.0 Å². The van der Waals surface area contributed by atoms with Gasteiger partial charge in [-0.1, -0.05) is 0 Å². The second kappa shape index (κ2) is 8.70. The van der Waals surface area contributed by atoms with Crippen molar-refractivity contribution in [1.29, 1.82) is 0 Å². The van der Waals surface area contributed by atoms with E-state index in [4.69, 9.17) is 18.9 Å². The molecule has 0 aliphatic carbocycles. The van der Waals surface area contributed by atoms with Crippen molar-refractivity contribution >= 4 is 27.3 Å². The van der Waals surface area contributed by atoms with E-state index in [-0.39, 0.29) is 5.69 Å². The molecular weight excluding hydrogens is 412 g/mol. The Morgan fingerprint density at radius 3 is 2.40 bits per heavy atom. The molecule has 2 aromatic rings. The molecular formula is C20H24N2O7S. The molecule has 1 atom stereocenters.